The number of hydrogen-bond donors (Lipinski definition) is 2. The molecule has 8 heteroatoms. The minimum absolute atomic E-state index is 0.375. The Labute approximate surface area is 129 Å². The molecule has 0 radical (unpaired) electrons. The summed E-state index contributed by atoms with van der Waals surface area (Å²) in [5.41, 5.74) is 0.666. The Hall–Kier alpha value is -1.24. The van der Waals surface area contributed by atoms with Crippen LogP contribution in [-0.4, -0.2) is 31.5 Å². The van der Waals surface area contributed by atoms with Gasteiger partial charge in [-0.05, 0) is 24.6 Å². The lowest BCUT2D eigenvalue weighted by Gasteiger charge is -2.04. The van der Waals surface area contributed by atoms with Gasteiger partial charge in [-0.2, -0.15) is 0 Å². The largest absolute Gasteiger partial charge is 0.480 e. The Morgan fingerprint density at radius 1 is 1.50 bits per heavy atom. The molecule has 1 aromatic carbocycles. The molecule has 2 rings (SSSR count). The summed E-state index contributed by atoms with van der Waals surface area (Å²) in [7, 11) is 0. The average molecular weight is 332 g/mol. The van der Waals surface area contributed by atoms with Crippen molar-refractivity contribution >= 4 is 40.9 Å². The summed E-state index contributed by atoms with van der Waals surface area (Å²) >= 11 is 13.0. The second kappa shape index (κ2) is 6.47. The molecule has 0 saturated carbocycles. The number of H-pyrrole nitrogens is 1. The molecule has 0 spiro atoms. The molecular formula is C12H11Cl2N3O2S. The van der Waals surface area contributed by atoms with E-state index in [0.29, 0.717) is 33.0 Å². The quantitative estimate of drug-likeness (QED) is 0.816. The summed E-state index contributed by atoms with van der Waals surface area (Å²) in [5, 5.41) is 16.5. The lowest BCUT2D eigenvalue weighted by molar-refractivity contribution is -0.136. The van der Waals surface area contributed by atoms with Crippen LogP contribution in [-0.2, 0) is 4.79 Å². The predicted octanol–water partition coefficient (Wildman–Crippen LogP) is 3.73. The molecule has 2 N–H and O–H groups in total. The molecule has 0 aliphatic heterocycles. The monoisotopic (exact) mass is 331 g/mol. The van der Waals surface area contributed by atoms with Crippen LogP contribution in [0, 0.1) is 0 Å². The predicted molar refractivity (Wildman–Crippen MR) is 79.4 cm³/mol. The number of carboxylic acids is 1. The van der Waals surface area contributed by atoms with Gasteiger partial charge in [-0.15, -0.1) is 5.10 Å². The molecule has 5 nitrogen and oxygen atoms in total. The number of halogens is 2. The van der Waals surface area contributed by atoms with Crippen molar-refractivity contribution in [2.24, 2.45) is 0 Å². The van der Waals surface area contributed by atoms with Gasteiger partial charge in [-0.3, -0.25) is 9.89 Å². The van der Waals surface area contributed by atoms with E-state index in [9.17, 15) is 4.79 Å². The maximum atomic E-state index is 11.0. The maximum absolute atomic E-state index is 11.0. The third-order valence-electron chi connectivity index (χ3n) is 2.55. The SMILES string of the molecule is CC[C@H](Sc1n[nH]c(-c2ccc(Cl)cc2Cl)n1)C(=O)O. The molecule has 2 aromatic rings. The Morgan fingerprint density at radius 2 is 2.25 bits per heavy atom. The van der Waals surface area contributed by atoms with Gasteiger partial charge in [0.15, 0.2) is 5.82 Å². The molecular weight excluding hydrogens is 321 g/mol. The number of nitrogens with one attached hydrogen (secondary N) is 1. The fourth-order valence-electron chi connectivity index (χ4n) is 1.54. The van der Waals surface area contributed by atoms with E-state index in [2.05, 4.69) is 15.2 Å². The third kappa shape index (κ3) is 3.45. The van der Waals surface area contributed by atoms with Crippen molar-refractivity contribution in [2.75, 3.05) is 0 Å². The first-order valence-corrected chi connectivity index (χ1v) is 7.42. The minimum atomic E-state index is -0.881. The van der Waals surface area contributed by atoms with Crippen LogP contribution in [0.15, 0.2) is 23.4 Å². The number of aromatic nitrogens is 3. The summed E-state index contributed by atoms with van der Waals surface area (Å²) in [6.45, 7) is 1.80. The number of carboxylic acid groups (broad SMARTS) is 1. The zero-order chi connectivity index (χ0) is 14.7. The van der Waals surface area contributed by atoms with E-state index in [1.807, 2.05) is 0 Å². The summed E-state index contributed by atoms with van der Waals surface area (Å²) in [5.74, 6) is -0.400. The van der Waals surface area contributed by atoms with Crippen LogP contribution in [0.4, 0.5) is 0 Å². The van der Waals surface area contributed by atoms with Gasteiger partial charge in [0.25, 0.3) is 0 Å². The Kier molecular flexibility index (Phi) is 4.91. The van der Waals surface area contributed by atoms with Crippen LogP contribution in [0.2, 0.25) is 10.0 Å². The molecule has 1 heterocycles. The highest BCUT2D eigenvalue weighted by molar-refractivity contribution is 8.00. The van der Waals surface area contributed by atoms with Gasteiger partial charge in [0.05, 0.1) is 5.02 Å². The highest BCUT2D eigenvalue weighted by Crippen LogP contribution is 2.30. The van der Waals surface area contributed by atoms with E-state index in [0.717, 1.165) is 11.8 Å². The molecule has 0 bridgehead atoms. The molecule has 0 saturated heterocycles. The third-order valence-corrected chi connectivity index (χ3v) is 4.31. The number of nitrogens with zero attached hydrogens (tertiary/aromatic N) is 2. The number of benzene rings is 1. The second-order valence-electron chi connectivity index (χ2n) is 3.94. The van der Waals surface area contributed by atoms with E-state index in [1.165, 1.54) is 0 Å². The zero-order valence-electron chi connectivity index (χ0n) is 10.4. The topological polar surface area (TPSA) is 78.9 Å². The van der Waals surface area contributed by atoms with Crippen molar-refractivity contribution in [1.29, 1.82) is 0 Å². The molecule has 20 heavy (non-hydrogen) atoms. The van der Waals surface area contributed by atoms with E-state index in [-0.39, 0.29) is 0 Å². The van der Waals surface area contributed by atoms with Gasteiger partial charge in [0.2, 0.25) is 5.16 Å². The molecule has 0 fully saturated rings. The van der Waals surface area contributed by atoms with E-state index >= 15 is 0 Å². The molecule has 106 valence electrons. The van der Waals surface area contributed by atoms with Gasteiger partial charge in [0, 0.05) is 10.6 Å². The zero-order valence-corrected chi connectivity index (χ0v) is 12.8. The van der Waals surface area contributed by atoms with Crippen molar-refractivity contribution in [3.8, 4) is 11.4 Å². The smallest absolute Gasteiger partial charge is 0.317 e. The van der Waals surface area contributed by atoms with Crippen LogP contribution in [0.3, 0.4) is 0 Å². The van der Waals surface area contributed by atoms with Gasteiger partial charge in [0.1, 0.15) is 5.25 Å². The maximum Gasteiger partial charge on any atom is 0.317 e. The second-order valence-corrected chi connectivity index (χ2v) is 5.96. The number of carbonyl (C=O) groups is 1. The van der Waals surface area contributed by atoms with Gasteiger partial charge in [-0.1, -0.05) is 41.9 Å². The number of rotatable bonds is 5. The average Bonchev–Trinajstić information content (AvgIpc) is 2.83. The van der Waals surface area contributed by atoms with Crippen molar-refractivity contribution in [1.82, 2.24) is 15.2 Å². The van der Waals surface area contributed by atoms with Gasteiger partial charge in [-0.25, -0.2) is 4.98 Å². The Bertz CT molecular complexity index is 633. The van der Waals surface area contributed by atoms with E-state index in [1.54, 1.807) is 25.1 Å². The molecule has 1 aromatic heterocycles. The van der Waals surface area contributed by atoms with E-state index in [4.69, 9.17) is 28.3 Å². The Morgan fingerprint density at radius 3 is 2.85 bits per heavy atom. The lowest BCUT2D eigenvalue weighted by Crippen LogP contribution is -2.14. The van der Waals surface area contributed by atoms with Gasteiger partial charge < -0.3 is 5.11 Å². The number of hydrogen-bond acceptors (Lipinski definition) is 4. The fourth-order valence-corrected chi connectivity index (χ4v) is 2.80. The molecule has 0 aliphatic carbocycles. The Balaban J connectivity index is 2.22. The number of thioether (sulfide) groups is 1. The normalized spacial score (nSPS) is 12.3. The molecule has 1 atom stereocenters. The highest BCUT2D eigenvalue weighted by Gasteiger charge is 2.19. The number of aliphatic carboxylic acids is 1. The lowest BCUT2D eigenvalue weighted by atomic mass is 10.2. The highest BCUT2D eigenvalue weighted by atomic mass is 35.5. The van der Waals surface area contributed by atoms with Crippen LogP contribution in [0.5, 0.6) is 0 Å². The summed E-state index contributed by atoms with van der Waals surface area (Å²) in [6, 6.07) is 5.04. The van der Waals surface area contributed by atoms with Crippen LogP contribution in [0.25, 0.3) is 11.4 Å². The first-order chi connectivity index (χ1) is 9.51. The van der Waals surface area contributed by atoms with Crippen LogP contribution in [0.1, 0.15) is 13.3 Å². The van der Waals surface area contributed by atoms with Crippen LogP contribution < -0.4 is 0 Å². The molecule has 0 amide bonds. The molecule has 0 unspecified atom stereocenters. The number of aromatic amines is 1. The first kappa shape index (κ1) is 15.2. The van der Waals surface area contributed by atoms with Crippen molar-refractivity contribution in [3.63, 3.8) is 0 Å². The van der Waals surface area contributed by atoms with Crippen molar-refractivity contribution in [2.45, 2.75) is 23.8 Å². The summed E-state index contributed by atoms with van der Waals surface area (Å²) in [6.07, 6.45) is 0.492. The standard InChI is InChI=1S/C12H11Cl2N3O2S/c1-2-9(11(18)19)20-12-15-10(16-17-12)7-4-3-6(13)5-8(7)14/h3-5,9H,2H2,1H3,(H,18,19)(H,15,16,17)/t9-/m0/s1. The summed E-state index contributed by atoms with van der Waals surface area (Å²) < 4.78 is 0. The fraction of sp³-hybridized carbons (Fsp3) is 0.250. The van der Waals surface area contributed by atoms with Gasteiger partial charge >= 0.3 is 5.97 Å². The first-order valence-electron chi connectivity index (χ1n) is 5.78. The minimum Gasteiger partial charge on any atom is -0.480 e. The van der Waals surface area contributed by atoms with Crippen LogP contribution >= 0.6 is 35.0 Å². The van der Waals surface area contributed by atoms with Crippen molar-refractivity contribution in [3.05, 3.63) is 28.2 Å². The van der Waals surface area contributed by atoms with E-state index < -0.39 is 11.2 Å². The van der Waals surface area contributed by atoms with Crippen molar-refractivity contribution < 1.29 is 9.90 Å². The molecule has 0 aliphatic rings. The summed E-state index contributed by atoms with van der Waals surface area (Å²) in [4.78, 5) is 15.2.